The molecule has 2 atom stereocenters. The van der Waals surface area contributed by atoms with Crippen molar-refractivity contribution in [3.63, 3.8) is 0 Å². The third kappa shape index (κ3) is 6.81. The van der Waals surface area contributed by atoms with Gasteiger partial charge in [-0.25, -0.2) is 0 Å². The lowest BCUT2D eigenvalue weighted by atomic mass is 9.89. The summed E-state index contributed by atoms with van der Waals surface area (Å²) >= 11 is 0. The summed E-state index contributed by atoms with van der Waals surface area (Å²) < 4.78 is 10.1. The highest BCUT2D eigenvalue weighted by Crippen LogP contribution is 2.59. The van der Waals surface area contributed by atoms with E-state index in [9.17, 15) is 0 Å². The molecule has 1 N–H and O–H groups in total. The largest absolute Gasteiger partial charge is 0.486 e. The van der Waals surface area contributed by atoms with Gasteiger partial charge in [0.2, 0.25) is 0 Å². The molecule has 5 nitrogen and oxygen atoms in total. The molecule has 330 valence electrons. The second kappa shape index (κ2) is 16.3. The molecule has 0 bridgehead atoms. The van der Waals surface area contributed by atoms with Crippen molar-refractivity contribution >= 4 is 67.3 Å². The van der Waals surface area contributed by atoms with Crippen molar-refractivity contribution in [2.45, 2.75) is 38.7 Å². The molecule has 0 radical (unpaired) electrons. The lowest BCUT2D eigenvalue weighted by Gasteiger charge is -2.52. The Morgan fingerprint density at radius 1 is 0.574 bits per heavy atom. The maximum absolute atomic E-state index is 7.20. The Balaban J connectivity index is 1.04. The number of nitrogens with one attached hydrogen (secondary N) is 1. The fourth-order valence-corrected chi connectivity index (χ4v) is 10.8. The SMILES string of the molecule is CC(C)(C)c1c[nH]c(-n2c3c(c4ccccc4c4ccccc4c4ccccc42)=CCC(Oc2cccc(N4c5ccccc5[N+]4(C)c4c(-c5ccccc5)cccc4-c4ccccc4)c2)C=3)c1. The summed E-state index contributed by atoms with van der Waals surface area (Å²) in [7, 11) is 2.33. The van der Waals surface area contributed by atoms with Crippen LogP contribution in [0.3, 0.4) is 0 Å². The molecule has 3 heterocycles. The van der Waals surface area contributed by atoms with Gasteiger partial charge < -0.3 is 9.72 Å². The van der Waals surface area contributed by atoms with Gasteiger partial charge in [0.1, 0.15) is 24.7 Å². The lowest BCUT2D eigenvalue weighted by molar-refractivity contribution is 0.269. The second-order valence-corrected chi connectivity index (χ2v) is 19.2. The minimum absolute atomic E-state index is 0.0398. The van der Waals surface area contributed by atoms with E-state index in [4.69, 9.17) is 4.74 Å². The van der Waals surface area contributed by atoms with E-state index < -0.39 is 0 Å². The number of para-hydroxylation sites is 4. The van der Waals surface area contributed by atoms with E-state index in [2.05, 4.69) is 267 Å². The first-order valence-corrected chi connectivity index (χ1v) is 23.7. The van der Waals surface area contributed by atoms with E-state index in [1.165, 1.54) is 77.0 Å². The molecule has 2 unspecified atom stereocenters. The Hall–Kier alpha value is -8.12. The predicted octanol–water partition coefficient (Wildman–Crippen LogP) is 14.8. The highest BCUT2D eigenvalue weighted by molar-refractivity contribution is 6.14. The van der Waals surface area contributed by atoms with Crippen molar-refractivity contribution < 1.29 is 4.74 Å². The highest BCUT2D eigenvalue weighted by Gasteiger charge is 2.53. The number of rotatable bonds is 7. The number of quaternary nitrogens is 1. The first kappa shape index (κ1) is 41.3. The fraction of sp³-hybridized carbons (Fsp3) is 0.111. The molecule has 5 heteroatoms. The topological polar surface area (TPSA) is 33.2 Å². The van der Waals surface area contributed by atoms with Gasteiger partial charge in [0.25, 0.3) is 0 Å². The molecule has 12 rings (SSSR count). The molecule has 0 amide bonds. The van der Waals surface area contributed by atoms with Crippen molar-refractivity contribution in [3.05, 3.63) is 229 Å². The summed E-state index contributed by atoms with van der Waals surface area (Å²) in [6.45, 7) is 6.81. The quantitative estimate of drug-likeness (QED) is 0.162. The van der Waals surface area contributed by atoms with E-state index >= 15 is 0 Å². The lowest BCUT2D eigenvalue weighted by Crippen LogP contribution is -2.60. The Kier molecular flexibility index (Phi) is 9.93. The maximum Gasteiger partial charge on any atom is 0.192 e. The third-order valence-electron chi connectivity index (χ3n) is 14.0. The minimum Gasteiger partial charge on any atom is -0.486 e. The molecular weight excluding hydrogens is 829 g/mol. The second-order valence-electron chi connectivity index (χ2n) is 19.2. The number of H-pyrrole nitrogens is 1. The molecule has 8 aromatic carbocycles. The number of aromatic amines is 1. The van der Waals surface area contributed by atoms with Crippen LogP contribution in [0.4, 0.5) is 22.7 Å². The van der Waals surface area contributed by atoms with Gasteiger partial charge >= 0.3 is 0 Å². The van der Waals surface area contributed by atoms with Gasteiger partial charge in [-0.1, -0.05) is 179 Å². The summed E-state index contributed by atoms with van der Waals surface area (Å²) in [6, 6.07) is 74.6. The van der Waals surface area contributed by atoms with E-state index in [-0.39, 0.29) is 11.5 Å². The van der Waals surface area contributed by atoms with Gasteiger partial charge in [0.05, 0.1) is 16.6 Å². The van der Waals surface area contributed by atoms with Crippen LogP contribution in [0, 0.1) is 0 Å². The Labute approximate surface area is 397 Å². The first-order valence-electron chi connectivity index (χ1n) is 23.7. The molecule has 68 heavy (non-hydrogen) atoms. The molecule has 0 saturated carbocycles. The molecule has 1 aliphatic carbocycles. The monoisotopic (exact) mass is 881 g/mol. The summed E-state index contributed by atoms with van der Waals surface area (Å²) in [4.78, 5) is 3.74. The molecule has 2 aromatic heterocycles. The van der Waals surface area contributed by atoms with Gasteiger partial charge in [-0.3, -0.25) is 4.57 Å². The predicted molar refractivity (Wildman–Crippen MR) is 286 cm³/mol. The van der Waals surface area contributed by atoms with Crippen molar-refractivity contribution in [1.29, 1.82) is 0 Å². The summed E-state index contributed by atoms with van der Waals surface area (Å²) in [5.74, 6) is 1.83. The van der Waals surface area contributed by atoms with Gasteiger partial charge in [0, 0.05) is 46.5 Å². The Bertz CT molecular complexity index is 3710. The first-order chi connectivity index (χ1) is 33.3. The number of aromatic nitrogens is 2. The van der Waals surface area contributed by atoms with Crippen molar-refractivity contribution in [2.75, 3.05) is 12.1 Å². The number of nitrogens with zero attached hydrogens (tertiary/aromatic N) is 3. The zero-order valence-electron chi connectivity index (χ0n) is 38.9. The zero-order chi connectivity index (χ0) is 46.0. The van der Waals surface area contributed by atoms with Gasteiger partial charge in [-0.15, -0.1) is 0 Å². The summed E-state index contributed by atoms with van der Waals surface area (Å²) in [5.41, 5.74) is 11.7. The normalized spacial score (nSPS) is 16.3. The standard InChI is InChI=1S/C63H53N4O/c1-63(2,3)45-39-61(64-42-45)65-57-34-16-15-31-55(57)53-29-13-11-27-51(53)52-28-12-14-30-54(52)56-38-37-48(41-59(56)65)68-47-26-19-25-46(40-47)66-58-35-17-18-36-60(58)67(66,4)62-49(43-21-7-5-8-22-43)32-20-33-50(62)44-23-9-6-10-24-44/h5-36,38-42,48,64H,37H2,1-4H3/q+1. The van der Waals surface area contributed by atoms with Crippen LogP contribution in [0.15, 0.2) is 212 Å². The number of ether oxygens (including phenoxy) is 1. The maximum atomic E-state index is 7.20. The Morgan fingerprint density at radius 2 is 1.15 bits per heavy atom. The van der Waals surface area contributed by atoms with Crippen LogP contribution in [-0.4, -0.2) is 22.7 Å². The van der Waals surface area contributed by atoms with Gasteiger partial charge in [0.15, 0.2) is 17.1 Å². The number of hydrogen-bond donors (Lipinski definition) is 1. The van der Waals surface area contributed by atoms with Crippen LogP contribution in [0.25, 0.3) is 72.7 Å². The molecule has 0 spiro atoms. The zero-order valence-corrected chi connectivity index (χ0v) is 38.9. The van der Waals surface area contributed by atoms with Crippen LogP contribution in [-0.2, 0) is 5.41 Å². The highest BCUT2D eigenvalue weighted by atomic mass is 16.5. The van der Waals surface area contributed by atoms with Gasteiger partial charge in [-0.2, -0.15) is 9.60 Å². The van der Waals surface area contributed by atoms with Gasteiger partial charge in [-0.05, 0) is 92.2 Å². The number of hydrogen-bond acceptors (Lipinski definition) is 2. The molecule has 2 aliphatic rings. The molecule has 0 saturated heterocycles. The average Bonchev–Trinajstić information content (AvgIpc) is 3.89. The van der Waals surface area contributed by atoms with E-state index in [0.717, 1.165) is 28.1 Å². The number of fused-ring (bicyclic) bond motifs is 8. The molecule has 1 aliphatic heterocycles. The molecular formula is C63H53N4O+. The van der Waals surface area contributed by atoms with Crippen LogP contribution in [0.1, 0.15) is 32.8 Å². The smallest absolute Gasteiger partial charge is 0.192 e. The van der Waals surface area contributed by atoms with Crippen molar-refractivity contribution in [2.24, 2.45) is 0 Å². The average molecular weight is 882 g/mol. The fourth-order valence-electron chi connectivity index (χ4n) is 10.8. The van der Waals surface area contributed by atoms with Crippen LogP contribution < -0.4 is 24.9 Å². The van der Waals surface area contributed by atoms with Crippen molar-refractivity contribution in [1.82, 2.24) is 14.1 Å². The number of benzene rings is 8. The van der Waals surface area contributed by atoms with E-state index in [1.807, 2.05) is 0 Å². The van der Waals surface area contributed by atoms with Crippen molar-refractivity contribution in [3.8, 4) is 33.8 Å². The molecule has 0 fully saturated rings. The van der Waals surface area contributed by atoms with E-state index in [1.54, 1.807) is 0 Å². The minimum atomic E-state index is -0.251. The molecule has 10 aromatic rings. The third-order valence-corrected chi connectivity index (χ3v) is 14.0. The van der Waals surface area contributed by atoms with Crippen LogP contribution >= 0.6 is 0 Å². The Morgan fingerprint density at radius 3 is 1.82 bits per heavy atom. The van der Waals surface area contributed by atoms with Crippen LogP contribution in [0.5, 0.6) is 5.75 Å². The van der Waals surface area contributed by atoms with E-state index in [0.29, 0.717) is 11.0 Å². The summed E-state index contributed by atoms with van der Waals surface area (Å²) in [6.07, 6.45) is 7.37. The van der Waals surface area contributed by atoms with Crippen LogP contribution in [0.2, 0.25) is 0 Å². The number of anilines is 2. The summed E-state index contributed by atoms with van der Waals surface area (Å²) in [5, 5.41) is 10.7.